The number of nitrogens with zero attached hydrogens (tertiary/aromatic N) is 6. The van der Waals surface area contributed by atoms with E-state index in [4.69, 9.17) is 4.74 Å². The van der Waals surface area contributed by atoms with Crippen molar-refractivity contribution >= 4 is 0 Å². The lowest BCUT2D eigenvalue weighted by Gasteiger charge is -2.32. The van der Waals surface area contributed by atoms with Crippen LogP contribution in [-0.4, -0.2) is 49.4 Å². The fourth-order valence-corrected chi connectivity index (χ4v) is 3.93. The number of aromatic nitrogens is 5. The second-order valence-electron chi connectivity index (χ2n) is 7.30. The van der Waals surface area contributed by atoms with Crippen molar-refractivity contribution in [2.75, 3.05) is 20.2 Å². The molecule has 0 amide bonds. The van der Waals surface area contributed by atoms with Crippen LogP contribution in [0.25, 0.3) is 0 Å². The van der Waals surface area contributed by atoms with Gasteiger partial charge in [0.2, 0.25) is 0 Å². The maximum Gasteiger partial charge on any atom is 0.152 e. The van der Waals surface area contributed by atoms with Gasteiger partial charge < -0.3 is 13.9 Å². The first kappa shape index (κ1) is 18.6. The molecule has 8 heteroatoms. The SMILES string of the molecule is COc1ccc(F)cc1CN1CCC[C@H](c2nnc(Cn3ccnc3)n2C)C1. The molecule has 3 aromatic rings. The summed E-state index contributed by atoms with van der Waals surface area (Å²) in [5, 5.41) is 8.87. The van der Waals surface area contributed by atoms with E-state index in [-0.39, 0.29) is 5.82 Å². The summed E-state index contributed by atoms with van der Waals surface area (Å²) in [6.45, 7) is 3.17. The number of piperidine rings is 1. The molecule has 1 fully saturated rings. The summed E-state index contributed by atoms with van der Waals surface area (Å²) in [5.74, 6) is 2.72. The molecular weight excluding hydrogens is 359 g/mol. The lowest BCUT2D eigenvalue weighted by atomic mass is 9.96. The molecule has 0 N–H and O–H groups in total. The Hall–Kier alpha value is -2.74. The zero-order valence-corrected chi connectivity index (χ0v) is 16.3. The fraction of sp³-hybridized carbons (Fsp3) is 0.450. The summed E-state index contributed by atoms with van der Waals surface area (Å²) < 4.78 is 23.2. The van der Waals surface area contributed by atoms with E-state index in [9.17, 15) is 4.39 Å². The first-order valence-corrected chi connectivity index (χ1v) is 9.52. The third-order valence-corrected chi connectivity index (χ3v) is 5.39. The molecule has 1 atom stereocenters. The molecule has 0 saturated carbocycles. The average Bonchev–Trinajstić information content (AvgIpc) is 3.33. The van der Waals surface area contributed by atoms with Crippen LogP contribution < -0.4 is 4.74 Å². The van der Waals surface area contributed by atoms with Crippen molar-refractivity contribution in [3.05, 3.63) is 59.9 Å². The Balaban J connectivity index is 1.47. The van der Waals surface area contributed by atoms with E-state index >= 15 is 0 Å². The van der Waals surface area contributed by atoms with Crippen LogP contribution in [0.15, 0.2) is 36.9 Å². The normalized spacial score (nSPS) is 17.8. The van der Waals surface area contributed by atoms with Gasteiger partial charge in [-0.05, 0) is 37.6 Å². The van der Waals surface area contributed by atoms with Crippen molar-refractivity contribution in [1.29, 1.82) is 0 Å². The third kappa shape index (κ3) is 3.91. The molecule has 0 radical (unpaired) electrons. The molecule has 0 bridgehead atoms. The molecule has 7 nitrogen and oxygen atoms in total. The van der Waals surface area contributed by atoms with E-state index in [1.165, 1.54) is 6.07 Å². The van der Waals surface area contributed by atoms with Crippen molar-refractivity contribution in [3.8, 4) is 5.75 Å². The fourth-order valence-electron chi connectivity index (χ4n) is 3.93. The zero-order chi connectivity index (χ0) is 19.5. The van der Waals surface area contributed by atoms with Crippen molar-refractivity contribution < 1.29 is 9.13 Å². The molecule has 1 aliphatic heterocycles. The molecule has 4 rings (SSSR count). The molecule has 0 spiro atoms. The Morgan fingerprint density at radius 1 is 1.25 bits per heavy atom. The Labute approximate surface area is 163 Å². The largest absolute Gasteiger partial charge is 0.496 e. The van der Waals surface area contributed by atoms with Crippen LogP contribution in [0.5, 0.6) is 5.75 Å². The minimum Gasteiger partial charge on any atom is -0.496 e. The van der Waals surface area contributed by atoms with E-state index in [0.29, 0.717) is 19.0 Å². The van der Waals surface area contributed by atoms with Crippen LogP contribution in [0.2, 0.25) is 0 Å². The van der Waals surface area contributed by atoms with Gasteiger partial charge in [-0.1, -0.05) is 0 Å². The maximum atomic E-state index is 13.7. The van der Waals surface area contributed by atoms with Gasteiger partial charge in [0.1, 0.15) is 17.4 Å². The highest BCUT2D eigenvalue weighted by atomic mass is 19.1. The molecule has 2 aromatic heterocycles. The molecule has 148 valence electrons. The van der Waals surface area contributed by atoms with Crippen LogP contribution in [0.4, 0.5) is 4.39 Å². The smallest absolute Gasteiger partial charge is 0.152 e. The van der Waals surface area contributed by atoms with Gasteiger partial charge >= 0.3 is 0 Å². The number of rotatable bonds is 6. The van der Waals surface area contributed by atoms with Crippen LogP contribution in [0.1, 0.15) is 36.0 Å². The molecule has 1 saturated heterocycles. The van der Waals surface area contributed by atoms with Gasteiger partial charge in [-0.3, -0.25) is 4.90 Å². The van der Waals surface area contributed by atoms with Crippen LogP contribution >= 0.6 is 0 Å². The Morgan fingerprint density at radius 3 is 2.93 bits per heavy atom. The molecule has 1 aromatic carbocycles. The summed E-state index contributed by atoms with van der Waals surface area (Å²) in [7, 11) is 3.65. The number of ether oxygens (including phenoxy) is 1. The van der Waals surface area contributed by atoms with Crippen LogP contribution in [-0.2, 0) is 20.1 Å². The number of imidazole rings is 1. The molecule has 3 heterocycles. The molecule has 0 aliphatic carbocycles. The van der Waals surface area contributed by atoms with E-state index in [2.05, 4.69) is 24.6 Å². The van der Waals surface area contributed by atoms with E-state index in [1.54, 1.807) is 31.8 Å². The summed E-state index contributed by atoms with van der Waals surface area (Å²) in [6.07, 6.45) is 7.61. The lowest BCUT2D eigenvalue weighted by molar-refractivity contribution is 0.192. The minimum atomic E-state index is -0.234. The van der Waals surface area contributed by atoms with Gasteiger partial charge in [-0.15, -0.1) is 10.2 Å². The Kier molecular flexibility index (Phi) is 5.38. The summed E-state index contributed by atoms with van der Waals surface area (Å²) in [5.41, 5.74) is 0.877. The highest BCUT2D eigenvalue weighted by molar-refractivity contribution is 5.34. The number of halogens is 1. The minimum absolute atomic E-state index is 0.234. The number of methoxy groups -OCH3 is 1. The number of hydrogen-bond donors (Lipinski definition) is 0. The highest BCUT2D eigenvalue weighted by Gasteiger charge is 2.26. The molecule has 28 heavy (non-hydrogen) atoms. The van der Waals surface area contributed by atoms with Crippen molar-refractivity contribution in [3.63, 3.8) is 0 Å². The summed E-state index contributed by atoms with van der Waals surface area (Å²) in [6, 6.07) is 4.69. The zero-order valence-electron chi connectivity index (χ0n) is 16.3. The Morgan fingerprint density at radius 2 is 2.14 bits per heavy atom. The number of likely N-dealkylation sites (tertiary alicyclic amines) is 1. The monoisotopic (exact) mass is 384 g/mol. The first-order valence-electron chi connectivity index (χ1n) is 9.52. The molecule has 0 unspecified atom stereocenters. The molecule has 1 aliphatic rings. The van der Waals surface area contributed by atoms with Gasteiger partial charge in [0.15, 0.2) is 5.82 Å². The lowest BCUT2D eigenvalue weighted by Crippen LogP contribution is -2.35. The second kappa shape index (κ2) is 8.10. The predicted molar refractivity (Wildman–Crippen MR) is 103 cm³/mol. The summed E-state index contributed by atoms with van der Waals surface area (Å²) in [4.78, 5) is 6.42. The third-order valence-electron chi connectivity index (χ3n) is 5.39. The van der Waals surface area contributed by atoms with Crippen LogP contribution in [0.3, 0.4) is 0 Å². The van der Waals surface area contributed by atoms with Crippen molar-refractivity contribution in [2.24, 2.45) is 7.05 Å². The van der Waals surface area contributed by atoms with E-state index < -0.39 is 0 Å². The quantitative estimate of drug-likeness (QED) is 0.654. The topological polar surface area (TPSA) is 61.0 Å². The van der Waals surface area contributed by atoms with E-state index in [0.717, 1.165) is 48.9 Å². The van der Waals surface area contributed by atoms with Gasteiger partial charge in [0.05, 0.1) is 20.0 Å². The van der Waals surface area contributed by atoms with Gasteiger partial charge in [-0.2, -0.15) is 0 Å². The maximum absolute atomic E-state index is 13.7. The van der Waals surface area contributed by atoms with Crippen molar-refractivity contribution in [1.82, 2.24) is 29.2 Å². The first-order chi connectivity index (χ1) is 13.6. The summed E-state index contributed by atoms with van der Waals surface area (Å²) >= 11 is 0. The van der Waals surface area contributed by atoms with Gasteiger partial charge in [-0.25, -0.2) is 9.37 Å². The standard InChI is InChI=1S/C20H25FN6O/c1-25-19(13-27-9-7-22-14-27)23-24-20(25)15-4-3-8-26(11-15)12-16-10-17(21)5-6-18(16)28-2/h5-7,9-10,14-15H,3-4,8,11-13H2,1-2H3/t15-/m0/s1. The van der Waals surface area contributed by atoms with E-state index in [1.807, 2.05) is 17.8 Å². The predicted octanol–water partition coefficient (Wildman–Crippen LogP) is 2.59. The second-order valence-corrected chi connectivity index (χ2v) is 7.30. The van der Waals surface area contributed by atoms with Crippen molar-refractivity contribution in [2.45, 2.75) is 31.8 Å². The Bertz CT molecular complexity index is 923. The average molecular weight is 384 g/mol. The van der Waals surface area contributed by atoms with Gasteiger partial charge in [0.25, 0.3) is 0 Å². The highest BCUT2D eigenvalue weighted by Crippen LogP contribution is 2.29. The number of benzene rings is 1. The van der Waals surface area contributed by atoms with Gasteiger partial charge in [0, 0.05) is 44.0 Å². The van der Waals surface area contributed by atoms with Crippen LogP contribution in [0, 0.1) is 5.82 Å². The number of hydrogen-bond acceptors (Lipinski definition) is 5. The molecular formula is C20H25FN6O.